The largest absolute Gasteiger partial charge is 0.480 e. The predicted molar refractivity (Wildman–Crippen MR) is 50.9 cm³/mol. The van der Waals surface area contributed by atoms with E-state index in [0.29, 0.717) is 18.4 Å². The molecule has 80 valence electrons. The predicted octanol–water partition coefficient (Wildman–Crippen LogP) is 0.415. The number of nitrogens with one attached hydrogen (secondary N) is 2. The number of amides is 2. The first-order valence-corrected chi connectivity index (χ1v) is 4.78. The van der Waals surface area contributed by atoms with E-state index in [1.165, 1.54) is 6.92 Å². The van der Waals surface area contributed by atoms with Crippen molar-refractivity contribution in [3.05, 3.63) is 0 Å². The van der Waals surface area contributed by atoms with Crippen LogP contribution in [0.2, 0.25) is 0 Å². The van der Waals surface area contributed by atoms with Crippen LogP contribution in [0.4, 0.5) is 4.79 Å². The minimum atomic E-state index is -1.03. The van der Waals surface area contributed by atoms with E-state index in [-0.39, 0.29) is 0 Å². The van der Waals surface area contributed by atoms with Gasteiger partial charge in [-0.3, -0.25) is 4.79 Å². The van der Waals surface area contributed by atoms with Crippen molar-refractivity contribution in [2.75, 3.05) is 6.54 Å². The molecule has 0 aromatic rings. The Morgan fingerprint density at radius 2 is 2.14 bits per heavy atom. The van der Waals surface area contributed by atoms with Gasteiger partial charge in [-0.05, 0) is 25.2 Å². The van der Waals surface area contributed by atoms with Crippen LogP contribution in [0.3, 0.4) is 0 Å². The molecule has 0 heterocycles. The summed E-state index contributed by atoms with van der Waals surface area (Å²) in [5.74, 6) is 0.230. The van der Waals surface area contributed by atoms with Gasteiger partial charge in [-0.25, -0.2) is 4.79 Å². The highest BCUT2D eigenvalue weighted by Gasteiger charge is 2.32. The highest BCUT2D eigenvalue weighted by molar-refractivity contribution is 5.82. The monoisotopic (exact) mass is 200 g/mol. The average molecular weight is 200 g/mol. The summed E-state index contributed by atoms with van der Waals surface area (Å²) in [5, 5.41) is 13.5. The summed E-state index contributed by atoms with van der Waals surface area (Å²) in [7, 11) is 0. The first kappa shape index (κ1) is 10.8. The molecular formula is C9H16N2O3. The second-order valence-corrected chi connectivity index (χ2v) is 3.89. The Labute approximate surface area is 82.9 Å². The maximum Gasteiger partial charge on any atom is 0.325 e. The number of carbonyl (C=O) groups is 2. The van der Waals surface area contributed by atoms with Crippen LogP contribution < -0.4 is 10.6 Å². The van der Waals surface area contributed by atoms with E-state index in [2.05, 4.69) is 17.6 Å². The van der Waals surface area contributed by atoms with Crippen LogP contribution in [0.25, 0.3) is 0 Å². The van der Waals surface area contributed by atoms with Crippen LogP contribution in [0.5, 0.6) is 0 Å². The van der Waals surface area contributed by atoms with Gasteiger partial charge in [0.15, 0.2) is 0 Å². The van der Waals surface area contributed by atoms with Crippen LogP contribution in [0.1, 0.15) is 20.3 Å². The smallest absolute Gasteiger partial charge is 0.325 e. The highest BCUT2D eigenvalue weighted by atomic mass is 16.4. The van der Waals surface area contributed by atoms with Crippen molar-refractivity contribution >= 4 is 12.0 Å². The van der Waals surface area contributed by atoms with Crippen molar-refractivity contribution < 1.29 is 14.7 Å². The Kier molecular flexibility index (Phi) is 3.33. The van der Waals surface area contributed by atoms with Crippen molar-refractivity contribution in [2.45, 2.75) is 26.3 Å². The maximum absolute atomic E-state index is 11.1. The molecule has 0 aromatic heterocycles. The van der Waals surface area contributed by atoms with Crippen molar-refractivity contribution in [3.63, 3.8) is 0 Å². The number of carboxylic acid groups (broad SMARTS) is 1. The number of aliphatic carboxylic acids is 1. The van der Waals surface area contributed by atoms with Gasteiger partial charge < -0.3 is 15.7 Å². The maximum atomic E-state index is 11.1. The summed E-state index contributed by atoms with van der Waals surface area (Å²) in [6.07, 6.45) is 1.15. The van der Waals surface area contributed by atoms with Crippen LogP contribution in [-0.2, 0) is 4.79 Å². The van der Waals surface area contributed by atoms with Crippen molar-refractivity contribution in [1.82, 2.24) is 10.6 Å². The topological polar surface area (TPSA) is 78.4 Å². The van der Waals surface area contributed by atoms with Crippen LogP contribution in [0.15, 0.2) is 0 Å². The molecule has 0 radical (unpaired) electrons. The first-order chi connectivity index (χ1) is 6.50. The molecule has 3 atom stereocenters. The molecule has 2 amide bonds. The van der Waals surface area contributed by atoms with Gasteiger partial charge in [0.25, 0.3) is 0 Å². The number of hydrogen-bond donors (Lipinski definition) is 3. The number of urea groups is 1. The fourth-order valence-corrected chi connectivity index (χ4v) is 1.22. The molecular weight excluding hydrogens is 184 g/mol. The summed E-state index contributed by atoms with van der Waals surface area (Å²) < 4.78 is 0. The van der Waals surface area contributed by atoms with Crippen LogP contribution in [0, 0.1) is 11.8 Å². The molecule has 1 fully saturated rings. The molecule has 1 aliphatic carbocycles. The second kappa shape index (κ2) is 4.30. The average Bonchev–Trinajstić information content (AvgIpc) is 2.78. The lowest BCUT2D eigenvalue weighted by atomic mass is 10.3. The van der Waals surface area contributed by atoms with Gasteiger partial charge in [0.1, 0.15) is 6.04 Å². The summed E-state index contributed by atoms with van der Waals surface area (Å²) in [6.45, 7) is 4.20. The lowest BCUT2D eigenvalue weighted by molar-refractivity contribution is -0.138. The summed E-state index contributed by atoms with van der Waals surface area (Å²) in [5.41, 5.74) is 0. The fraction of sp³-hybridized carbons (Fsp3) is 0.778. The van der Waals surface area contributed by atoms with Gasteiger partial charge in [0, 0.05) is 6.54 Å². The number of carbonyl (C=O) groups excluding carboxylic acids is 1. The molecule has 5 heteroatoms. The third-order valence-electron chi connectivity index (χ3n) is 2.52. The van der Waals surface area contributed by atoms with Crippen molar-refractivity contribution in [2.24, 2.45) is 11.8 Å². The Balaban J connectivity index is 2.12. The second-order valence-electron chi connectivity index (χ2n) is 3.89. The lowest BCUT2D eigenvalue weighted by Gasteiger charge is -2.10. The van der Waals surface area contributed by atoms with Gasteiger partial charge in [-0.1, -0.05) is 6.92 Å². The molecule has 3 N–H and O–H groups in total. The molecule has 2 unspecified atom stereocenters. The molecule has 5 nitrogen and oxygen atoms in total. The van der Waals surface area contributed by atoms with E-state index in [1.54, 1.807) is 0 Å². The van der Waals surface area contributed by atoms with E-state index in [1.807, 2.05) is 0 Å². The van der Waals surface area contributed by atoms with E-state index in [9.17, 15) is 9.59 Å². The number of carboxylic acids is 1. The molecule has 0 bridgehead atoms. The zero-order valence-electron chi connectivity index (χ0n) is 8.41. The fourth-order valence-electron chi connectivity index (χ4n) is 1.22. The third kappa shape index (κ3) is 3.24. The Hall–Kier alpha value is -1.26. The molecule has 1 saturated carbocycles. The van der Waals surface area contributed by atoms with Crippen molar-refractivity contribution in [1.29, 1.82) is 0 Å². The van der Waals surface area contributed by atoms with Crippen LogP contribution >= 0.6 is 0 Å². The minimum Gasteiger partial charge on any atom is -0.480 e. The zero-order valence-corrected chi connectivity index (χ0v) is 8.41. The third-order valence-corrected chi connectivity index (χ3v) is 2.52. The highest BCUT2D eigenvalue weighted by Crippen LogP contribution is 2.36. The normalized spacial score (nSPS) is 26.4. The van der Waals surface area contributed by atoms with Gasteiger partial charge >= 0.3 is 12.0 Å². The van der Waals surface area contributed by atoms with Gasteiger partial charge in [-0.15, -0.1) is 0 Å². The number of rotatable bonds is 4. The number of hydrogen-bond acceptors (Lipinski definition) is 2. The molecule has 0 aromatic carbocycles. The summed E-state index contributed by atoms with van der Waals surface area (Å²) in [4.78, 5) is 21.5. The van der Waals surface area contributed by atoms with E-state index < -0.39 is 18.0 Å². The van der Waals surface area contributed by atoms with Gasteiger partial charge in [0.2, 0.25) is 0 Å². The SMILES string of the molecule is CC1CC1CNC(=O)N[C@@H](C)C(=O)O. The Morgan fingerprint density at radius 1 is 1.57 bits per heavy atom. The molecule has 1 rings (SSSR count). The standard InChI is InChI=1S/C9H16N2O3/c1-5-3-7(5)4-10-9(14)11-6(2)8(12)13/h5-7H,3-4H2,1-2H3,(H,12,13)(H2,10,11,14)/t5?,6-,7?/m0/s1. The van der Waals surface area contributed by atoms with Crippen molar-refractivity contribution in [3.8, 4) is 0 Å². The zero-order chi connectivity index (χ0) is 10.7. The van der Waals surface area contributed by atoms with Crippen LogP contribution in [-0.4, -0.2) is 29.7 Å². The quantitative estimate of drug-likeness (QED) is 0.615. The Morgan fingerprint density at radius 3 is 2.57 bits per heavy atom. The first-order valence-electron chi connectivity index (χ1n) is 4.78. The van der Waals surface area contributed by atoms with Gasteiger partial charge in [0.05, 0.1) is 0 Å². The molecule has 0 aliphatic heterocycles. The lowest BCUT2D eigenvalue weighted by Crippen LogP contribution is -2.44. The Bertz CT molecular complexity index is 242. The molecule has 14 heavy (non-hydrogen) atoms. The molecule has 0 saturated heterocycles. The van der Waals surface area contributed by atoms with E-state index >= 15 is 0 Å². The summed E-state index contributed by atoms with van der Waals surface area (Å²) in [6, 6.07) is -1.24. The van der Waals surface area contributed by atoms with E-state index in [4.69, 9.17) is 5.11 Å². The van der Waals surface area contributed by atoms with E-state index in [0.717, 1.165) is 6.42 Å². The van der Waals surface area contributed by atoms with Gasteiger partial charge in [-0.2, -0.15) is 0 Å². The molecule has 1 aliphatic rings. The molecule has 0 spiro atoms. The summed E-state index contributed by atoms with van der Waals surface area (Å²) >= 11 is 0. The minimum absolute atomic E-state index is 0.404.